The van der Waals surface area contributed by atoms with E-state index in [1.54, 1.807) is 0 Å². The second-order valence-corrected chi connectivity index (χ2v) is 4.60. The van der Waals surface area contributed by atoms with E-state index in [2.05, 4.69) is 0 Å². The zero-order valence-corrected chi connectivity index (χ0v) is 12.8. The summed E-state index contributed by atoms with van der Waals surface area (Å²) in [6.45, 7) is 0. The van der Waals surface area contributed by atoms with Crippen LogP contribution in [0.15, 0.2) is 0 Å². The van der Waals surface area contributed by atoms with E-state index in [1.807, 2.05) is 0 Å². The van der Waals surface area contributed by atoms with Gasteiger partial charge in [-0.15, -0.1) is 0 Å². The first-order chi connectivity index (χ1) is 8.61. The molecule has 2 rings (SSSR count). The Morgan fingerprint density at radius 1 is 0.722 bits per heavy atom. The van der Waals surface area contributed by atoms with E-state index in [9.17, 15) is 19.8 Å². The Kier molecular flexibility index (Phi) is 10.3. The van der Waals surface area contributed by atoms with E-state index >= 15 is 0 Å². The van der Waals surface area contributed by atoms with Crippen LogP contribution in [0.2, 0.25) is 0 Å². The fraction of sp³-hybridized carbons (Fsp3) is 0.833. The summed E-state index contributed by atoms with van der Waals surface area (Å²) in [5.41, 5.74) is 0. The molecule has 0 aromatic carbocycles. The fourth-order valence-corrected chi connectivity index (χ4v) is 2.32. The van der Waals surface area contributed by atoms with Crippen LogP contribution in [0.4, 0.5) is 0 Å². The number of carboxylic acids is 2. The third-order valence-corrected chi connectivity index (χ3v) is 3.38. The van der Waals surface area contributed by atoms with Crippen LogP contribution < -0.4 is 10.2 Å². The molecule has 0 aliphatic heterocycles. The van der Waals surface area contributed by atoms with Crippen molar-refractivity contribution in [2.24, 2.45) is 11.8 Å². The van der Waals surface area contributed by atoms with Crippen molar-refractivity contribution in [3.05, 3.63) is 0 Å². The Morgan fingerprint density at radius 3 is 1.06 bits per heavy atom. The molecule has 2 aliphatic rings. The van der Waals surface area contributed by atoms with E-state index in [-0.39, 0.29) is 11.8 Å². The van der Waals surface area contributed by atoms with Crippen LogP contribution in [0.3, 0.4) is 0 Å². The van der Waals surface area contributed by atoms with Gasteiger partial charge in [0.05, 0.1) is 0 Å². The van der Waals surface area contributed by atoms with Gasteiger partial charge in [-0.05, 0) is 37.5 Å². The number of carbonyl (C=O) groups is 2. The molecule has 5 nitrogen and oxygen atoms in total. The first-order valence-corrected chi connectivity index (χ1v) is 7.23. The molecule has 0 spiro atoms. The Morgan fingerprint density at radius 2 is 0.944 bits per heavy atom. The molecule has 0 amide bonds. The van der Waals surface area contributed by atoms with Crippen molar-refractivity contribution >= 4 is 11.9 Å². The van der Waals surface area contributed by atoms with Crippen molar-refractivity contribution in [2.75, 3.05) is 0 Å². The van der Waals surface area contributed by atoms with Gasteiger partial charge in [0.25, 0.3) is 0 Å². The quantitative estimate of drug-likeness (QED) is 0.693. The second kappa shape index (κ2) is 10.5. The summed E-state index contributed by atoms with van der Waals surface area (Å²) < 4.78 is 8.34. The number of carboxylic acid groups (broad SMARTS) is 2. The van der Waals surface area contributed by atoms with Crippen LogP contribution in [0.25, 0.3) is 0 Å². The van der Waals surface area contributed by atoms with E-state index in [0.29, 0.717) is 24.7 Å². The molecular weight excluding hydrogens is 315 g/mol. The molecule has 0 aromatic heterocycles. The molecular formula is C12H18O5Zr. The molecule has 6 heteroatoms. The maximum atomic E-state index is 10.1. The van der Waals surface area contributed by atoms with Crippen molar-refractivity contribution in [3.8, 4) is 0 Å². The summed E-state index contributed by atoms with van der Waals surface area (Å²) in [5.74, 6) is -1.98. The van der Waals surface area contributed by atoms with E-state index in [1.165, 1.54) is 0 Å². The standard InChI is InChI=1S/2C6H10O2.O.Zr/c2*7-6(8)5-3-1-2-4-5;;/h2*5H,1-4H2,(H,7,8);;/q;;;+2/p-2. The molecule has 0 aromatic rings. The monoisotopic (exact) mass is 332 g/mol. The Labute approximate surface area is 122 Å². The van der Waals surface area contributed by atoms with Crippen LogP contribution >= 0.6 is 0 Å². The Hall–Kier alpha value is -0.377. The Bertz CT molecular complexity index is 231. The molecule has 0 heterocycles. The first kappa shape index (κ1) is 17.6. The predicted molar refractivity (Wildman–Crippen MR) is 54.6 cm³/mol. The van der Waals surface area contributed by atoms with Crippen LogP contribution in [0.5, 0.6) is 0 Å². The molecule has 0 bridgehead atoms. The third-order valence-electron chi connectivity index (χ3n) is 3.38. The van der Waals surface area contributed by atoms with Gasteiger partial charge in [-0.2, -0.15) is 0 Å². The van der Waals surface area contributed by atoms with Gasteiger partial charge in [-0.25, -0.2) is 0 Å². The van der Waals surface area contributed by atoms with Crippen LogP contribution in [-0.4, -0.2) is 11.9 Å². The van der Waals surface area contributed by atoms with Gasteiger partial charge in [0.15, 0.2) is 0 Å². The summed E-state index contributed by atoms with van der Waals surface area (Å²) in [4.78, 5) is 20.2. The number of carbonyl (C=O) groups excluding carboxylic acids is 2. The third kappa shape index (κ3) is 7.15. The summed E-state index contributed by atoms with van der Waals surface area (Å²) in [6.07, 6.45) is 7.61. The predicted octanol–water partition coefficient (Wildman–Crippen LogP) is -0.268. The maximum absolute atomic E-state index is 10.1. The SMILES string of the molecule is O=C([O-])C1CCCC1.O=C([O-])C1CCCC1.[O]=[Zr+2]. The topological polar surface area (TPSA) is 97.3 Å². The van der Waals surface area contributed by atoms with Crippen molar-refractivity contribution in [3.63, 3.8) is 0 Å². The molecule has 0 saturated heterocycles. The van der Waals surface area contributed by atoms with Gasteiger partial charge < -0.3 is 19.8 Å². The van der Waals surface area contributed by atoms with Crippen molar-refractivity contribution < 1.29 is 47.3 Å². The minimum absolute atomic E-state index is 0.130. The molecule has 0 atom stereocenters. The average molecular weight is 333 g/mol. The summed E-state index contributed by atoms with van der Waals surface area (Å²) >= 11 is 0.300. The van der Waals surface area contributed by atoms with Gasteiger partial charge in [0.1, 0.15) is 0 Å². The van der Waals surface area contributed by atoms with Crippen molar-refractivity contribution in [2.45, 2.75) is 51.4 Å². The molecule has 0 radical (unpaired) electrons. The first-order valence-electron chi connectivity index (χ1n) is 6.23. The second-order valence-electron chi connectivity index (χ2n) is 4.60. The zero-order chi connectivity index (χ0) is 14.0. The van der Waals surface area contributed by atoms with E-state index in [4.69, 9.17) is 2.81 Å². The fourth-order valence-electron chi connectivity index (χ4n) is 2.32. The van der Waals surface area contributed by atoms with E-state index < -0.39 is 11.9 Å². The van der Waals surface area contributed by atoms with E-state index in [0.717, 1.165) is 51.4 Å². The molecule has 2 aliphatic carbocycles. The summed E-state index contributed by atoms with van der Waals surface area (Å²) in [5, 5.41) is 20.2. The number of rotatable bonds is 2. The number of aliphatic carboxylic acids is 2. The number of hydrogen-bond acceptors (Lipinski definition) is 5. The van der Waals surface area contributed by atoms with Crippen LogP contribution in [0.1, 0.15) is 51.4 Å². The van der Waals surface area contributed by atoms with Crippen LogP contribution in [-0.2, 0) is 37.1 Å². The van der Waals surface area contributed by atoms with Gasteiger partial charge in [0, 0.05) is 11.9 Å². The molecule has 0 N–H and O–H groups in total. The van der Waals surface area contributed by atoms with Gasteiger partial charge >= 0.3 is 27.5 Å². The Balaban J connectivity index is 0.000000283. The average Bonchev–Trinajstić information content (AvgIpc) is 3.06. The zero-order valence-electron chi connectivity index (χ0n) is 10.4. The van der Waals surface area contributed by atoms with Gasteiger partial charge in [-0.3, -0.25) is 0 Å². The van der Waals surface area contributed by atoms with Gasteiger partial charge in [-0.1, -0.05) is 25.7 Å². The summed E-state index contributed by atoms with van der Waals surface area (Å²) in [7, 11) is 0. The molecule has 2 saturated carbocycles. The van der Waals surface area contributed by atoms with Gasteiger partial charge in [0.2, 0.25) is 0 Å². The molecule has 2 fully saturated rings. The molecule has 0 unspecified atom stereocenters. The van der Waals surface area contributed by atoms with Crippen LogP contribution in [0, 0.1) is 11.8 Å². The normalized spacial score (nSPS) is 19.4. The molecule has 18 heavy (non-hydrogen) atoms. The molecule has 100 valence electrons. The van der Waals surface area contributed by atoms with Crippen molar-refractivity contribution in [1.82, 2.24) is 0 Å². The summed E-state index contributed by atoms with van der Waals surface area (Å²) in [6, 6.07) is 0. The minimum atomic E-state index is -0.859. The van der Waals surface area contributed by atoms with Crippen molar-refractivity contribution in [1.29, 1.82) is 0 Å². The number of hydrogen-bond donors (Lipinski definition) is 0.